The third-order valence-corrected chi connectivity index (χ3v) is 3.85. The molecule has 0 aliphatic carbocycles. The maximum atomic E-state index is 12.7. The number of halogens is 3. The Kier molecular flexibility index (Phi) is 5.38. The number of pyridine rings is 1. The van der Waals surface area contributed by atoms with Crippen molar-refractivity contribution in [3.05, 3.63) is 47.7 Å². The number of rotatable bonds is 6. The number of nitrogens with zero attached hydrogens (tertiary/aromatic N) is 2. The fourth-order valence-electron chi connectivity index (χ4n) is 2.52. The van der Waals surface area contributed by atoms with Gasteiger partial charge in [-0.1, -0.05) is 6.07 Å². The molecule has 1 aliphatic heterocycles. The summed E-state index contributed by atoms with van der Waals surface area (Å²) in [4.78, 5) is 18.0. The van der Waals surface area contributed by atoms with E-state index >= 15 is 0 Å². The molecular weight excluding hydrogens is 365 g/mol. The van der Waals surface area contributed by atoms with Gasteiger partial charge in [0.15, 0.2) is 18.1 Å². The van der Waals surface area contributed by atoms with Crippen LogP contribution in [-0.2, 0) is 6.54 Å². The van der Waals surface area contributed by atoms with Crippen molar-refractivity contribution in [2.24, 2.45) is 0 Å². The molecule has 1 aromatic carbocycles. The van der Waals surface area contributed by atoms with Crippen LogP contribution in [0.4, 0.5) is 13.2 Å². The topological polar surface area (TPSA) is 60.9 Å². The molecule has 0 N–H and O–H groups in total. The van der Waals surface area contributed by atoms with Crippen LogP contribution in [0.25, 0.3) is 0 Å². The highest BCUT2D eigenvalue weighted by Gasteiger charge is 2.28. The van der Waals surface area contributed by atoms with Gasteiger partial charge in [0.05, 0.1) is 5.56 Å². The molecule has 27 heavy (non-hydrogen) atoms. The summed E-state index contributed by atoms with van der Waals surface area (Å²) in [6.45, 7) is 1.36. The molecule has 1 aliphatic rings. The van der Waals surface area contributed by atoms with E-state index in [0.29, 0.717) is 24.6 Å². The van der Waals surface area contributed by atoms with Crippen molar-refractivity contribution in [2.45, 2.75) is 19.6 Å². The van der Waals surface area contributed by atoms with E-state index in [-0.39, 0.29) is 24.1 Å². The predicted octanol–water partition coefficient (Wildman–Crippen LogP) is 3.41. The summed E-state index contributed by atoms with van der Waals surface area (Å²) >= 11 is 0. The van der Waals surface area contributed by atoms with Crippen molar-refractivity contribution in [1.82, 2.24) is 9.88 Å². The van der Waals surface area contributed by atoms with E-state index in [4.69, 9.17) is 9.47 Å². The Bertz CT molecular complexity index is 809. The first-order valence-corrected chi connectivity index (χ1v) is 8.19. The van der Waals surface area contributed by atoms with Crippen LogP contribution < -0.4 is 14.2 Å². The van der Waals surface area contributed by atoms with E-state index in [1.807, 2.05) is 19.1 Å². The molecule has 0 radical (unpaired) electrons. The Hall–Kier alpha value is -2.97. The van der Waals surface area contributed by atoms with Crippen LogP contribution in [0.15, 0.2) is 36.5 Å². The molecule has 3 rings (SSSR count). The van der Waals surface area contributed by atoms with Gasteiger partial charge in [-0.25, -0.2) is 4.98 Å². The summed E-state index contributed by atoms with van der Waals surface area (Å²) in [5.41, 5.74) is 1.13. The molecule has 9 heteroatoms. The number of fused-ring (bicyclic) bond motifs is 1. The standard InChI is InChI=1S/C18H17F3N2O4/c1-2-23(9-12-3-5-14-15(7-12)27-11-26-14)17(24)13-4-6-16(22-8-13)25-10-18(19,20)21/h3-8H,2,9-11H2,1H3. The van der Waals surface area contributed by atoms with E-state index < -0.39 is 12.8 Å². The summed E-state index contributed by atoms with van der Waals surface area (Å²) in [5.74, 6) is 0.809. The SMILES string of the molecule is CCN(Cc1ccc2c(c1)OCO2)C(=O)c1ccc(OCC(F)(F)F)nc1. The smallest absolute Gasteiger partial charge is 0.422 e. The van der Waals surface area contributed by atoms with Gasteiger partial charge >= 0.3 is 6.18 Å². The molecule has 0 spiro atoms. The number of hydrogen-bond donors (Lipinski definition) is 0. The first kappa shape index (κ1) is 18.8. The van der Waals surface area contributed by atoms with Gasteiger partial charge in [0.25, 0.3) is 5.91 Å². The predicted molar refractivity (Wildman–Crippen MR) is 88.8 cm³/mol. The number of ether oxygens (including phenoxy) is 3. The molecule has 6 nitrogen and oxygen atoms in total. The fraction of sp³-hybridized carbons (Fsp3) is 0.333. The lowest BCUT2D eigenvalue weighted by Crippen LogP contribution is -2.30. The minimum Gasteiger partial charge on any atom is -0.468 e. The van der Waals surface area contributed by atoms with Crippen molar-refractivity contribution in [3.8, 4) is 17.4 Å². The van der Waals surface area contributed by atoms with Crippen LogP contribution in [-0.4, -0.2) is 41.9 Å². The zero-order valence-electron chi connectivity index (χ0n) is 14.5. The third kappa shape index (κ3) is 4.81. The Morgan fingerprint density at radius 2 is 2.00 bits per heavy atom. The molecule has 2 aromatic rings. The molecule has 0 bridgehead atoms. The number of carbonyl (C=O) groups excluding carboxylic acids is 1. The van der Waals surface area contributed by atoms with E-state index in [1.165, 1.54) is 18.3 Å². The largest absolute Gasteiger partial charge is 0.468 e. The highest BCUT2D eigenvalue weighted by atomic mass is 19.4. The first-order valence-electron chi connectivity index (χ1n) is 8.19. The number of hydrogen-bond acceptors (Lipinski definition) is 5. The van der Waals surface area contributed by atoms with Crippen LogP contribution in [0.1, 0.15) is 22.8 Å². The van der Waals surface area contributed by atoms with Gasteiger partial charge in [-0.05, 0) is 30.7 Å². The lowest BCUT2D eigenvalue weighted by molar-refractivity contribution is -0.154. The maximum absolute atomic E-state index is 12.7. The molecular formula is C18H17F3N2O4. The number of alkyl halides is 3. The number of aromatic nitrogens is 1. The van der Waals surface area contributed by atoms with Crippen molar-refractivity contribution >= 4 is 5.91 Å². The molecule has 0 saturated carbocycles. The molecule has 0 saturated heterocycles. The summed E-state index contributed by atoms with van der Waals surface area (Å²) in [6.07, 6.45) is -3.24. The average Bonchev–Trinajstić information content (AvgIpc) is 3.11. The fourth-order valence-corrected chi connectivity index (χ4v) is 2.52. The summed E-state index contributed by atoms with van der Waals surface area (Å²) in [7, 11) is 0. The number of carbonyl (C=O) groups is 1. The monoisotopic (exact) mass is 382 g/mol. The van der Waals surface area contributed by atoms with E-state index in [9.17, 15) is 18.0 Å². The average molecular weight is 382 g/mol. The molecule has 144 valence electrons. The second-order valence-corrected chi connectivity index (χ2v) is 5.80. The van der Waals surface area contributed by atoms with Crippen LogP contribution >= 0.6 is 0 Å². The highest BCUT2D eigenvalue weighted by molar-refractivity contribution is 5.93. The summed E-state index contributed by atoms with van der Waals surface area (Å²) < 4.78 is 51.6. The van der Waals surface area contributed by atoms with Gasteiger partial charge in [0.2, 0.25) is 12.7 Å². The quantitative estimate of drug-likeness (QED) is 0.766. The van der Waals surface area contributed by atoms with Crippen molar-refractivity contribution in [3.63, 3.8) is 0 Å². The third-order valence-electron chi connectivity index (χ3n) is 3.85. The zero-order chi connectivity index (χ0) is 19.4. The highest BCUT2D eigenvalue weighted by Crippen LogP contribution is 2.32. The molecule has 1 aromatic heterocycles. The number of amides is 1. The van der Waals surface area contributed by atoms with Gasteiger partial charge < -0.3 is 19.1 Å². The van der Waals surface area contributed by atoms with Gasteiger partial charge in [-0.2, -0.15) is 13.2 Å². The van der Waals surface area contributed by atoms with Gasteiger partial charge in [0, 0.05) is 25.4 Å². The lowest BCUT2D eigenvalue weighted by atomic mass is 10.1. The zero-order valence-corrected chi connectivity index (χ0v) is 14.5. The van der Waals surface area contributed by atoms with Crippen molar-refractivity contribution in [2.75, 3.05) is 19.9 Å². The van der Waals surface area contributed by atoms with Gasteiger partial charge in [-0.15, -0.1) is 0 Å². The Labute approximate surface area is 153 Å². The number of benzene rings is 1. The van der Waals surface area contributed by atoms with Crippen LogP contribution in [0, 0.1) is 0 Å². The summed E-state index contributed by atoms with van der Waals surface area (Å²) in [5, 5.41) is 0. The van der Waals surface area contributed by atoms with Gasteiger partial charge in [0.1, 0.15) is 0 Å². The molecule has 0 fully saturated rings. The summed E-state index contributed by atoms with van der Waals surface area (Å²) in [6, 6.07) is 8.07. The minimum atomic E-state index is -4.44. The van der Waals surface area contributed by atoms with Gasteiger partial charge in [-0.3, -0.25) is 4.79 Å². The minimum absolute atomic E-state index is 0.170. The lowest BCUT2D eigenvalue weighted by Gasteiger charge is -2.21. The van der Waals surface area contributed by atoms with Crippen molar-refractivity contribution < 1.29 is 32.2 Å². The first-order chi connectivity index (χ1) is 12.9. The second-order valence-electron chi connectivity index (χ2n) is 5.80. The van der Waals surface area contributed by atoms with Crippen LogP contribution in [0.3, 0.4) is 0 Å². The van der Waals surface area contributed by atoms with Crippen molar-refractivity contribution in [1.29, 1.82) is 0 Å². The molecule has 1 amide bonds. The van der Waals surface area contributed by atoms with E-state index in [0.717, 1.165) is 5.56 Å². The van der Waals surface area contributed by atoms with Crippen LogP contribution in [0.2, 0.25) is 0 Å². The normalized spacial score (nSPS) is 12.7. The Balaban J connectivity index is 1.65. The maximum Gasteiger partial charge on any atom is 0.422 e. The molecule has 2 heterocycles. The molecule has 0 unspecified atom stereocenters. The Morgan fingerprint density at radius 3 is 2.67 bits per heavy atom. The van der Waals surface area contributed by atoms with Crippen LogP contribution in [0.5, 0.6) is 17.4 Å². The van der Waals surface area contributed by atoms with E-state index in [2.05, 4.69) is 9.72 Å². The second kappa shape index (κ2) is 7.73. The molecule has 0 atom stereocenters. The van der Waals surface area contributed by atoms with E-state index in [1.54, 1.807) is 11.0 Å². The Morgan fingerprint density at radius 1 is 1.22 bits per heavy atom.